The summed E-state index contributed by atoms with van der Waals surface area (Å²) >= 11 is -0.739. The summed E-state index contributed by atoms with van der Waals surface area (Å²) in [5.74, 6) is -0.596. The lowest BCUT2D eigenvalue weighted by molar-refractivity contribution is -0.111. The van der Waals surface area contributed by atoms with Crippen molar-refractivity contribution in [2.45, 2.75) is 45.8 Å². The molecule has 0 aliphatic carbocycles. The van der Waals surface area contributed by atoms with Gasteiger partial charge in [-0.2, -0.15) is 10.4 Å². The van der Waals surface area contributed by atoms with Crippen LogP contribution in [-0.2, 0) is 16.1 Å². The minimum atomic E-state index is -0.820. The smallest absolute Gasteiger partial charge is 0.417 e. The number of allylic oxidation sites excluding steroid dienone is 3. The number of amides is 2. The van der Waals surface area contributed by atoms with E-state index in [1.165, 1.54) is 14.8 Å². The average molecular weight is 644 g/mol. The fraction of sp³-hybridized carbons (Fsp3) is 0.370. The van der Waals surface area contributed by atoms with E-state index in [-0.39, 0.29) is 40.6 Å². The van der Waals surface area contributed by atoms with Gasteiger partial charge in [0.05, 0.1) is 40.3 Å². The molecule has 0 bridgehead atoms. The van der Waals surface area contributed by atoms with Crippen LogP contribution in [0.4, 0.5) is 15.0 Å². The first kappa shape index (κ1) is 26.9. The van der Waals surface area contributed by atoms with Crippen molar-refractivity contribution >= 4 is 54.4 Å². The molecule has 1 unspecified atom stereocenters. The van der Waals surface area contributed by atoms with Gasteiger partial charge in [0.2, 0.25) is 0 Å². The van der Waals surface area contributed by atoms with Gasteiger partial charge >= 0.3 is 6.09 Å². The third kappa shape index (κ3) is 5.27. The van der Waals surface area contributed by atoms with Gasteiger partial charge in [-0.05, 0) is 43.8 Å². The van der Waals surface area contributed by atoms with E-state index in [2.05, 4.69) is 10.1 Å². The SMILES string of the molecule is CC(C)(C)OC(=O)N1Cc2nc(C3=C(F)C=IC=C3C#N)cc(-n3ccc(N4CCCC(C=O)C4)n3)c2C1=O. The number of aldehydes is 1. The first-order valence-corrected chi connectivity index (χ1v) is 14.9. The van der Waals surface area contributed by atoms with Crippen LogP contribution in [0.3, 0.4) is 0 Å². The van der Waals surface area contributed by atoms with Crippen LogP contribution in [0.5, 0.6) is 0 Å². The highest BCUT2D eigenvalue weighted by atomic mass is 127. The van der Waals surface area contributed by atoms with Crippen molar-refractivity contribution in [3.05, 3.63) is 50.8 Å². The summed E-state index contributed by atoms with van der Waals surface area (Å²) in [7, 11) is 0. The Bertz CT molecular complexity index is 1510. The number of nitriles is 1. The lowest BCUT2D eigenvalue weighted by atomic mass is 10.00. The van der Waals surface area contributed by atoms with E-state index < -0.39 is 44.2 Å². The lowest BCUT2D eigenvalue weighted by Gasteiger charge is -2.30. The monoisotopic (exact) mass is 644 g/mol. The number of carbonyl (C=O) groups is 3. The third-order valence-electron chi connectivity index (χ3n) is 6.47. The Labute approximate surface area is 234 Å². The Balaban J connectivity index is 1.61. The summed E-state index contributed by atoms with van der Waals surface area (Å²) in [6.45, 7) is 6.22. The summed E-state index contributed by atoms with van der Waals surface area (Å²) in [6, 6.07) is 5.35. The fourth-order valence-corrected chi connectivity index (χ4v) is 6.35. The number of hydrogen-bond acceptors (Lipinski definition) is 8. The van der Waals surface area contributed by atoms with Crippen LogP contribution in [0.1, 0.15) is 55.4 Å². The standard InChI is InChI=1S/C27H26FIN6O4/c1-27(2,3)39-26(38)34-14-20-24(25(34)37)21(9-19(31-20)23-17(12-30)10-29-11-18(23)28)35-8-6-22(32-35)33-7-4-5-16(13-33)15-36/h6,8-11,15-16H,4-5,7,13-14H2,1-3H3. The summed E-state index contributed by atoms with van der Waals surface area (Å²) in [5, 5.41) is 14.3. The minimum Gasteiger partial charge on any atom is -0.443 e. The molecule has 202 valence electrons. The van der Waals surface area contributed by atoms with Gasteiger partial charge in [-0.25, -0.2) is 23.8 Å². The first-order valence-electron chi connectivity index (χ1n) is 12.4. The maximum absolute atomic E-state index is 15.1. The van der Waals surface area contributed by atoms with Crippen LogP contribution in [0.25, 0.3) is 11.3 Å². The first-order chi connectivity index (χ1) is 18.6. The maximum Gasteiger partial charge on any atom is 0.417 e. The average Bonchev–Trinajstić information content (AvgIpc) is 3.52. The molecule has 0 aromatic carbocycles. The minimum absolute atomic E-state index is 0.0490. The number of carbonyl (C=O) groups excluding carboxylic acids is 3. The Morgan fingerprint density at radius 2 is 2.15 bits per heavy atom. The molecular weight excluding hydrogens is 618 g/mol. The molecule has 2 amide bonds. The zero-order chi connectivity index (χ0) is 27.9. The molecule has 0 saturated carbocycles. The van der Waals surface area contributed by atoms with Crippen LogP contribution < -0.4 is 4.90 Å². The molecule has 1 fully saturated rings. The van der Waals surface area contributed by atoms with Crippen molar-refractivity contribution in [3.63, 3.8) is 0 Å². The number of ether oxygens (including phenoxy) is 1. The van der Waals surface area contributed by atoms with E-state index in [0.29, 0.717) is 18.1 Å². The molecule has 3 aliphatic heterocycles. The van der Waals surface area contributed by atoms with E-state index >= 15 is 4.39 Å². The second-order valence-corrected chi connectivity index (χ2v) is 12.4. The zero-order valence-corrected chi connectivity index (χ0v) is 23.8. The molecule has 3 aliphatic rings. The Hall–Kier alpha value is -3.73. The zero-order valence-electron chi connectivity index (χ0n) is 21.6. The largest absolute Gasteiger partial charge is 0.443 e. The predicted molar refractivity (Wildman–Crippen MR) is 150 cm³/mol. The highest BCUT2D eigenvalue weighted by Gasteiger charge is 2.39. The van der Waals surface area contributed by atoms with Crippen molar-refractivity contribution in [3.8, 4) is 11.8 Å². The van der Waals surface area contributed by atoms with Gasteiger partial charge in [0.1, 0.15) is 23.8 Å². The highest BCUT2D eigenvalue weighted by molar-refractivity contribution is 14.2. The molecule has 0 radical (unpaired) electrons. The van der Waals surface area contributed by atoms with Gasteiger partial charge in [-0.15, -0.1) is 0 Å². The molecule has 5 rings (SSSR count). The van der Waals surface area contributed by atoms with Gasteiger partial charge in [0.15, 0.2) is 5.82 Å². The number of aromatic nitrogens is 3. The fourth-order valence-electron chi connectivity index (χ4n) is 4.73. The van der Waals surface area contributed by atoms with E-state index in [1.54, 1.807) is 37.1 Å². The Kier molecular flexibility index (Phi) is 7.19. The van der Waals surface area contributed by atoms with Crippen LogP contribution in [0, 0.1) is 17.2 Å². The number of nitrogens with zero attached hydrogens (tertiary/aromatic N) is 6. The number of hydrogen-bond donors (Lipinski definition) is 0. The van der Waals surface area contributed by atoms with E-state index in [4.69, 9.17) is 4.74 Å². The van der Waals surface area contributed by atoms with Gasteiger partial charge in [0, 0.05) is 35.3 Å². The second kappa shape index (κ2) is 10.4. The number of piperidine rings is 1. The molecule has 39 heavy (non-hydrogen) atoms. The van der Waals surface area contributed by atoms with Gasteiger partial charge in [-0.3, -0.25) is 4.79 Å². The molecular formula is C27H26FIN6O4. The summed E-state index contributed by atoms with van der Waals surface area (Å²) < 4.78 is 25.2. The molecule has 1 saturated heterocycles. The quantitative estimate of drug-likeness (QED) is 0.354. The van der Waals surface area contributed by atoms with Gasteiger partial charge < -0.3 is 14.4 Å². The molecule has 0 N–H and O–H groups in total. The van der Waals surface area contributed by atoms with Crippen LogP contribution in [0.15, 0.2) is 33.8 Å². The van der Waals surface area contributed by atoms with E-state index in [9.17, 15) is 19.6 Å². The second-order valence-electron chi connectivity index (χ2n) is 10.4. The number of imide groups is 1. The molecule has 0 spiro atoms. The van der Waals surface area contributed by atoms with Crippen LogP contribution >= 0.6 is 20.7 Å². The lowest BCUT2D eigenvalue weighted by Crippen LogP contribution is -2.37. The Morgan fingerprint density at radius 1 is 1.36 bits per heavy atom. The number of rotatable bonds is 4. The van der Waals surface area contributed by atoms with Gasteiger partial charge in [0.25, 0.3) is 5.91 Å². The van der Waals surface area contributed by atoms with E-state index in [0.717, 1.165) is 30.6 Å². The van der Waals surface area contributed by atoms with E-state index in [1.807, 2.05) is 11.0 Å². The molecule has 1 atom stereocenters. The molecule has 2 aromatic rings. The van der Waals surface area contributed by atoms with Crippen molar-refractivity contribution < 1.29 is 23.5 Å². The topological polar surface area (TPSA) is 121 Å². The summed E-state index contributed by atoms with van der Waals surface area (Å²) in [6.07, 6.45) is 3.50. The number of halogens is 2. The number of anilines is 1. The van der Waals surface area contributed by atoms with Crippen molar-refractivity contribution in [2.75, 3.05) is 18.0 Å². The summed E-state index contributed by atoms with van der Waals surface area (Å²) in [5.41, 5.74) is 0.297. The summed E-state index contributed by atoms with van der Waals surface area (Å²) in [4.78, 5) is 45.3. The van der Waals surface area contributed by atoms with Crippen molar-refractivity contribution in [2.24, 2.45) is 5.92 Å². The van der Waals surface area contributed by atoms with Crippen LogP contribution in [0.2, 0.25) is 0 Å². The third-order valence-corrected chi connectivity index (χ3v) is 8.35. The normalized spacial score (nSPS) is 19.3. The predicted octanol–water partition coefficient (Wildman–Crippen LogP) is 4.45. The molecule has 10 nitrogen and oxygen atoms in total. The molecule has 12 heteroatoms. The van der Waals surface area contributed by atoms with Crippen molar-refractivity contribution in [1.29, 1.82) is 5.26 Å². The van der Waals surface area contributed by atoms with Crippen molar-refractivity contribution in [1.82, 2.24) is 19.7 Å². The number of pyridine rings is 1. The Morgan fingerprint density at radius 3 is 2.87 bits per heavy atom. The van der Waals surface area contributed by atoms with Crippen LogP contribution in [-0.4, -0.2) is 60.7 Å². The van der Waals surface area contributed by atoms with Gasteiger partial charge in [-0.1, -0.05) is 20.7 Å². The highest BCUT2D eigenvalue weighted by Crippen LogP contribution is 2.36. The molecule has 5 heterocycles. The number of fused-ring (bicyclic) bond motifs is 1. The molecule has 2 aromatic heterocycles. The maximum atomic E-state index is 15.1.